The predicted molar refractivity (Wildman–Crippen MR) is 82.9 cm³/mol. The molecule has 2 nitrogen and oxygen atoms in total. The van der Waals surface area contributed by atoms with Crippen molar-refractivity contribution in [3.05, 3.63) is 53.3 Å². The Labute approximate surface area is 123 Å². The van der Waals surface area contributed by atoms with Gasteiger partial charge in [0.15, 0.2) is 0 Å². The molecule has 2 N–H and O–H groups in total. The SMILES string of the molecule is Cc1cc(C)cc(OCCSc2cc(N)cc(F)c2)c1. The highest BCUT2D eigenvalue weighted by molar-refractivity contribution is 7.99. The van der Waals surface area contributed by atoms with Crippen molar-refractivity contribution in [2.75, 3.05) is 18.1 Å². The largest absolute Gasteiger partial charge is 0.493 e. The molecule has 106 valence electrons. The lowest BCUT2D eigenvalue weighted by Crippen LogP contribution is -2.00. The molecule has 0 heterocycles. The standard InChI is InChI=1S/C16H18FNOS/c1-11-5-12(2)7-15(6-11)19-3-4-20-16-9-13(17)8-14(18)10-16/h5-10H,3-4,18H2,1-2H3. The quantitative estimate of drug-likeness (QED) is 0.509. The third kappa shape index (κ3) is 4.46. The molecule has 4 heteroatoms. The molecule has 0 amide bonds. The highest BCUT2D eigenvalue weighted by Crippen LogP contribution is 2.22. The Morgan fingerprint density at radius 2 is 1.75 bits per heavy atom. The Kier molecular flexibility index (Phi) is 4.90. The number of benzene rings is 2. The topological polar surface area (TPSA) is 35.2 Å². The zero-order valence-electron chi connectivity index (χ0n) is 11.7. The summed E-state index contributed by atoms with van der Waals surface area (Å²) in [6.07, 6.45) is 0. The van der Waals surface area contributed by atoms with E-state index in [0.717, 1.165) is 16.4 Å². The number of hydrogen-bond donors (Lipinski definition) is 1. The first kappa shape index (κ1) is 14.7. The van der Waals surface area contributed by atoms with E-state index in [1.54, 1.807) is 6.07 Å². The highest BCUT2D eigenvalue weighted by Gasteiger charge is 2.01. The van der Waals surface area contributed by atoms with Crippen LogP contribution in [0.4, 0.5) is 10.1 Å². The molecule has 0 aliphatic heterocycles. The van der Waals surface area contributed by atoms with Crippen molar-refractivity contribution in [2.45, 2.75) is 18.7 Å². The Hall–Kier alpha value is -1.68. The number of thioether (sulfide) groups is 1. The number of nitrogens with two attached hydrogens (primary N) is 1. The lowest BCUT2D eigenvalue weighted by Gasteiger charge is -2.08. The molecule has 0 saturated heterocycles. The minimum Gasteiger partial charge on any atom is -0.493 e. The molecule has 20 heavy (non-hydrogen) atoms. The minimum absolute atomic E-state index is 0.303. The number of anilines is 1. The average molecular weight is 291 g/mol. The van der Waals surface area contributed by atoms with Crippen LogP contribution in [0, 0.1) is 19.7 Å². The van der Waals surface area contributed by atoms with E-state index in [4.69, 9.17) is 10.5 Å². The lowest BCUT2D eigenvalue weighted by molar-refractivity contribution is 0.343. The molecule has 2 aromatic carbocycles. The second-order valence-corrected chi connectivity index (χ2v) is 5.91. The monoisotopic (exact) mass is 291 g/mol. The van der Waals surface area contributed by atoms with Gasteiger partial charge in [-0.05, 0) is 55.3 Å². The molecule has 0 bridgehead atoms. The summed E-state index contributed by atoms with van der Waals surface area (Å²) in [5, 5.41) is 0. The zero-order valence-corrected chi connectivity index (χ0v) is 12.5. The summed E-state index contributed by atoms with van der Waals surface area (Å²) in [4.78, 5) is 0.825. The van der Waals surface area contributed by atoms with Crippen molar-refractivity contribution in [3.8, 4) is 5.75 Å². The maximum atomic E-state index is 13.2. The summed E-state index contributed by atoms with van der Waals surface area (Å²) < 4.78 is 18.9. The number of halogens is 1. The lowest BCUT2D eigenvalue weighted by atomic mass is 10.1. The van der Waals surface area contributed by atoms with Crippen LogP contribution in [0.25, 0.3) is 0 Å². The van der Waals surface area contributed by atoms with Gasteiger partial charge in [0, 0.05) is 16.3 Å². The maximum absolute atomic E-state index is 13.2. The number of nitrogen functional groups attached to an aromatic ring is 1. The summed E-state index contributed by atoms with van der Waals surface area (Å²) in [5.74, 6) is 1.32. The van der Waals surface area contributed by atoms with Gasteiger partial charge in [0.2, 0.25) is 0 Å². The van der Waals surface area contributed by atoms with Gasteiger partial charge in [-0.2, -0.15) is 0 Å². The number of aryl methyl sites for hydroxylation is 2. The number of rotatable bonds is 5. The van der Waals surface area contributed by atoms with Crippen LogP contribution < -0.4 is 10.5 Å². The second-order valence-electron chi connectivity index (χ2n) is 4.74. The maximum Gasteiger partial charge on any atom is 0.126 e. The van der Waals surface area contributed by atoms with Crippen LogP contribution in [-0.2, 0) is 0 Å². The minimum atomic E-state index is -0.303. The van der Waals surface area contributed by atoms with Crippen molar-refractivity contribution in [1.82, 2.24) is 0 Å². The molecule has 0 unspecified atom stereocenters. The third-order valence-corrected chi connectivity index (χ3v) is 3.65. The van der Waals surface area contributed by atoms with E-state index in [-0.39, 0.29) is 5.82 Å². The van der Waals surface area contributed by atoms with Crippen molar-refractivity contribution >= 4 is 17.4 Å². The van der Waals surface area contributed by atoms with Gasteiger partial charge in [0.25, 0.3) is 0 Å². The number of ether oxygens (including phenoxy) is 1. The molecule has 2 aromatic rings. The van der Waals surface area contributed by atoms with Crippen LogP contribution in [-0.4, -0.2) is 12.4 Å². The first-order chi connectivity index (χ1) is 9.52. The molecule has 0 spiro atoms. The summed E-state index contributed by atoms with van der Waals surface area (Å²) in [6.45, 7) is 4.66. The van der Waals surface area contributed by atoms with E-state index < -0.39 is 0 Å². The summed E-state index contributed by atoms with van der Waals surface area (Å²) >= 11 is 1.53. The molecular formula is C16H18FNOS. The second kappa shape index (κ2) is 6.66. The van der Waals surface area contributed by atoms with Crippen molar-refractivity contribution in [3.63, 3.8) is 0 Å². The van der Waals surface area contributed by atoms with Crippen LogP contribution in [0.1, 0.15) is 11.1 Å². The number of hydrogen-bond acceptors (Lipinski definition) is 3. The fourth-order valence-corrected chi connectivity index (χ4v) is 2.82. The Balaban J connectivity index is 1.84. The van der Waals surface area contributed by atoms with Crippen molar-refractivity contribution in [1.29, 1.82) is 0 Å². The van der Waals surface area contributed by atoms with Crippen LogP contribution in [0.3, 0.4) is 0 Å². The molecule has 0 aliphatic carbocycles. The summed E-state index contributed by atoms with van der Waals surface area (Å²) in [5.41, 5.74) is 8.42. The van der Waals surface area contributed by atoms with E-state index >= 15 is 0 Å². The first-order valence-corrected chi connectivity index (χ1v) is 7.41. The van der Waals surface area contributed by atoms with E-state index in [2.05, 4.69) is 6.07 Å². The van der Waals surface area contributed by atoms with Crippen molar-refractivity contribution in [2.24, 2.45) is 0 Å². The smallest absolute Gasteiger partial charge is 0.126 e. The Morgan fingerprint density at radius 1 is 1.05 bits per heavy atom. The molecule has 0 saturated carbocycles. The van der Waals surface area contributed by atoms with Gasteiger partial charge >= 0.3 is 0 Å². The summed E-state index contributed by atoms with van der Waals surface area (Å²) in [6, 6.07) is 10.7. The molecule has 0 fully saturated rings. The molecular weight excluding hydrogens is 273 g/mol. The van der Waals surface area contributed by atoms with E-state index in [0.29, 0.717) is 12.3 Å². The molecule has 0 radical (unpaired) electrons. The van der Waals surface area contributed by atoms with E-state index in [1.165, 1.54) is 35.0 Å². The first-order valence-electron chi connectivity index (χ1n) is 6.43. The predicted octanol–water partition coefficient (Wildman–Crippen LogP) is 4.20. The van der Waals surface area contributed by atoms with Gasteiger partial charge < -0.3 is 10.5 Å². The molecule has 0 atom stereocenters. The molecule has 0 aliphatic rings. The van der Waals surface area contributed by atoms with Gasteiger partial charge in [-0.3, -0.25) is 0 Å². The van der Waals surface area contributed by atoms with Gasteiger partial charge in [-0.25, -0.2) is 4.39 Å². The van der Waals surface area contributed by atoms with Crippen LogP contribution in [0.2, 0.25) is 0 Å². The van der Waals surface area contributed by atoms with E-state index in [1.807, 2.05) is 26.0 Å². The average Bonchev–Trinajstić information content (AvgIpc) is 2.32. The fourth-order valence-electron chi connectivity index (χ4n) is 2.00. The normalized spacial score (nSPS) is 10.6. The fraction of sp³-hybridized carbons (Fsp3) is 0.250. The van der Waals surface area contributed by atoms with Crippen LogP contribution >= 0.6 is 11.8 Å². The van der Waals surface area contributed by atoms with Gasteiger partial charge in [-0.1, -0.05) is 6.07 Å². The molecule has 2 rings (SSSR count). The van der Waals surface area contributed by atoms with Gasteiger partial charge in [-0.15, -0.1) is 11.8 Å². The highest BCUT2D eigenvalue weighted by atomic mass is 32.2. The third-order valence-electron chi connectivity index (χ3n) is 2.71. The van der Waals surface area contributed by atoms with Crippen LogP contribution in [0.5, 0.6) is 5.75 Å². The van der Waals surface area contributed by atoms with Crippen LogP contribution in [0.15, 0.2) is 41.3 Å². The summed E-state index contributed by atoms with van der Waals surface area (Å²) in [7, 11) is 0. The van der Waals surface area contributed by atoms with E-state index in [9.17, 15) is 4.39 Å². The Bertz CT molecular complexity index is 507. The van der Waals surface area contributed by atoms with Crippen molar-refractivity contribution < 1.29 is 9.13 Å². The van der Waals surface area contributed by atoms with Gasteiger partial charge in [0.05, 0.1) is 6.61 Å². The molecule has 0 aromatic heterocycles. The van der Waals surface area contributed by atoms with Gasteiger partial charge in [0.1, 0.15) is 11.6 Å². The zero-order chi connectivity index (χ0) is 14.5. The Morgan fingerprint density at radius 3 is 2.40 bits per heavy atom.